The Kier molecular flexibility index (Phi) is 4.17. The summed E-state index contributed by atoms with van der Waals surface area (Å²) >= 11 is 0. The van der Waals surface area contributed by atoms with Crippen LogP contribution in [0.3, 0.4) is 0 Å². The van der Waals surface area contributed by atoms with Crippen LogP contribution in [0, 0.1) is 6.92 Å². The van der Waals surface area contributed by atoms with Gasteiger partial charge in [0.25, 0.3) is 0 Å². The predicted octanol–water partition coefficient (Wildman–Crippen LogP) is 2.59. The molecule has 1 N–H and O–H groups in total. The van der Waals surface area contributed by atoms with Crippen molar-refractivity contribution in [2.75, 3.05) is 0 Å². The summed E-state index contributed by atoms with van der Waals surface area (Å²) in [6.45, 7) is 4.63. The lowest BCUT2D eigenvalue weighted by Gasteiger charge is -2.11. The number of fused-ring (bicyclic) bond motifs is 1. The van der Waals surface area contributed by atoms with E-state index in [0.29, 0.717) is 17.6 Å². The standard InChI is InChI=1S/C15H18N2O3/c1-3-4-5-8-17-9-12(15(19)20)13(18)11-7-6-10(2)16-14(11)17/h6-7,9H,3-5,8H2,1-2H3,(H,19,20). The second kappa shape index (κ2) is 5.86. The highest BCUT2D eigenvalue weighted by Crippen LogP contribution is 2.12. The van der Waals surface area contributed by atoms with E-state index in [1.54, 1.807) is 16.7 Å². The number of hydrogen-bond acceptors (Lipinski definition) is 3. The lowest BCUT2D eigenvalue weighted by Crippen LogP contribution is -2.19. The van der Waals surface area contributed by atoms with Gasteiger partial charge in [0.2, 0.25) is 5.43 Å². The summed E-state index contributed by atoms with van der Waals surface area (Å²) in [6, 6.07) is 3.38. The minimum absolute atomic E-state index is 0.195. The Morgan fingerprint density at radius 3 is 2.75 bits per heavy atom. The summed E-state index contributed by atoms with van der Waals surface area (Å²) in [4.78, 5) is 27.7. The van der Waals surface area contributed by atoms with Crippen LogP contribution >= 0.6 is 0 Å². The van der Waals surface area contributed by atoms with E-state index >= 15 is 0 Å². The molecular weight excluding hydrogens is 256 g/mol. The molecule has 2 rings (SSSR count). The number of aryl methyl sites for hydroxylation is 2. The highest BCUT2D eigenvalue weighted by Gasteiger charge is 2.15. The van der Waals surface area contributed by atoms with E-state index in [4.69, 9.17) is 5.11 Å². The molecule has 0 unspecified atom stereocenters. The first-order chi connectivity index (χ1) is 9.54. The number of pyridine rings is 2. The van der Waals surface area contributed by atoms with Gasteiger partial charge in [0.05, 0.1) is 5.39 Å². The monoisotopic (exact) mass is 274 g/mol. The normalized spacial score (nSPS) is 10.9. The van der Waals surface area contributed by atoms with Crippen molar-refractivity contribution in [1.29, 1.82) is 0 Å². The number of unbranched alkanes of at least 4 members (excludes halogenated alkanes) is 2. The number of nitrogens with zero attached hydrogens (tertiary/aromatic N) is 2. The molecular formula is C15H18N2O3. The van der Waals surface area contributed by atoms with Crippen molar-refractivity contribution >= 4 is 17.0 Å². The number of carbonyl (C=O) groups is 1. The fourth-order valence-electron chi connectivity index (χ4n) is 2.21. The molecule has 0 saturated heterocycles. The van der Waals surface area contributed by atoms with Crippen LogP contribution in [-0.4, -0.2) is 20.6 Å². The highest BCUT2D eigenvalue weighted by atomic mass is 16.4. The molecule has 2 aromatic rings. The molecule has 0 amide bonds. The van der Waals surface area contributed by atoms with Crippen molar-refractivity contribution in [3.63, 3.8) is 0 Å². The molecule has 2 aromatic heterocycles. The lowest BCUT2D eigenvalue weighted by atomic mass is 10.1. The quantitative estimate of drug-likeness (QED) is 0.851. The van der Waals surface area contributed by atoms with Gasteiger partial charge >= 0.3 is 5.97 Å². The zero-order valence-corrected chi connectivity index (χ0v) is 11.7. The maximum absolute atomic E-state index is 12.1. The van der Waals surface area contributed by atoms with Crippen LogP contribution < -0.4 is 5.43 Å². The average Bonchev–Trinajstić information content (AvgIpc) is 2.41. The Balaban J connectivity index is 2.63. The first-order valence-corrected chi connectivity index (χ1v) is 6.78. The molecule has 0 fully saturated rings. The summed E-state index contributed by atoms with van der Waals surface area (Å²) in [6.07, 6.45) is 4.48. The molecule has 20 heavy (non-hydrogen) atoms. The van der Waals surface area contributed by atoms with E-state index in [0.717, 1.165) is 25.0 Å². The zero-order valence-electron chi connectivity index (χ0n) is 11.7. The average molecular weight is 274 g/mol. The Labute approximate surface area is 116 Å². The van der Waals surface area contributed by atoms with E-state index in [9.17, 15) is 9.59 Å². The number of rotatable bonds is 5. The van der Waals surface area contributed by atoms with Crippen molar-refractivity contribution in [3.8, 4) is 0 Å². The van der Waals surface area contributed by atoms with Gasteiger partial charge in [0.1, 0.15) is 11.2 Å². The second-order valence-corrected chi connectivity index (χ2v) is 4.90. The van der Waals surface area contributed by atoms with Crippen LogP contribution in [0.2, 0.25) is 0 Å². The largest absolute Gasteiger partial charge is 0.477 e. The van der Waals surface area contributed by atoms with Gasteiger partial charge in [-0.3, -0.25) is 4.79 Å². The summed E-state index contributed by atoms with van der Waals surface area (Å²) in [5.74, 6) is -1.19. The first-order valence-electron chi connectivity index (χ1n) is 6.78. The molecule has 0 saturated carbocycles. The third-order valence-corrected chi connectivity index (χ3v) is 3.29. The number of carboxylic acid groups (broad SMARTS) is 1. The minimum atomic E-state index is -1.19. The van der Waals surface area contributed by atoms with Crippen LogP contribution in [0.1, 0.15) is 42.2 Å². The maximum Gasteiger partial charge on any atom is 0.341 e. The van der Waals surface area contributed by atoms with Crippen molar-refractivity contribution in [2.45, 2.75) is 39.7 Å². The van der Waals surface area contributed by atoms with Crippen LogP contribution in [-0.2, 0) is 6.54 Å². The zero-order chi connectivity index (χ0) is 14.7. The molecule has 2 heterocycles. The van der Waals surface area contributed by atoms with Crippen molar-refractivity contribution in [1.82, 2.24) is 9.55 Å². The third-order valence-electron chi connectivity index (χ3n) is 3.29. The molecule has 0 aliphatic carbocycles. The van der Waals surface area contributed by atoms with Gasteiger partial charge in [-0.05, 0) is 25.5 Å². The van der Waals surface area contributed by atoms with Crippen molar-refractivity contribution in [2.24, 2.45) is 0 Å². The van der Waals surface area contributed by atoms with E-state index in [-0.39, 0.29) is 5.56 Å². The van der Waals surface area contributed by atoms with Gasteiger partial charge in [0, 0.05) is 18.4 Å². The number of carboxylic acids is 1. The van der Waals surface area contributed by atoms with E-state index in [1.165, 1.54) is 6.20 Å². The van der Waals surface area contributed by atoms with Crippen molar-refractivity contribution < 1.29 is 9.90 Å². The molecule has 0 bridgehead atoms. The Hall–Kier alpha value is -2.17. The van der Waals surface area contributed by atoms with Gasteiger partial charge < -0.3 is 9.67 Å². The molecule has 106 valence electrons. The summed E-state index contributed by atoms with van der Waals surface area (Å²) in [5, 5.41) is 9.51. The van der Waals surface area contributed by atoms with Crippen molar-refractivity contribution in [3.05, 3.63) is 39.8 Å². The summed E-state index contributed by atoms with van der Waals surface area (Å²) in [7, 11) is 0. The second-order valence-electron chi connectivity index (χ2n) is 4.90. The van der Waals surface area contributed by atoms with Gasteiger partial charge in [0.15, 0.2) is 0 Å². The van der Waals surface area contributed by atoms with Crippen LogP contribution in [0.25, 0.3) is 11.0 Å². The Bertz CT molecular complexity index is 704. The van der Waals surface area contributed by atoms with E-state index in [1.807, 2.05) is 6.92 Å². The molecule has 0 aromatic carbocycles. The van der Waals surface area contributed by atoms with Gasteiger partial charge in [-0.15, -0.1) is 0 Å². The Morgan fingerprint density at radius 1 is 1.35 bits per heavy atom. The molecule has 0 radical (unpaired) electrons. The van der Waals surface area contributed by atoms with Gasteiger partial charge in [-0.1, -0.05) is 19.8 Å². The topological polar surface area (TPSA) is 72.2 Å². The van der Waals surface area contributed by atoms with E-state index in [2.05, 4.69) is 11.9 Å². The molecule has 0 spiro atoms. The summed E-state index contributed by atoms with van der Waals surface area (Å²) in [5.41, 5.74) is 0.715. The number of aromatic carboxylic acids is 1. The molecule has 0 aliphatic heterocycles. The van der Waals surface area contributed by atoms with Gasteiger partial charge in [-0.25, -0.2) is 9.78 Å². The summed E-state index contributed by atoms with van der Waals surface area (Å²) < 4.78 is 1.78. The Morgan fingerprint density at radius 2 is 2.10 bits per heavy atom. The third kappa shape index (κ3) is 2.71. The lowest BCUT2D eigenvalue weighted by molar-refractivity contribution is 0.0695. The molecule has 5 nitrogen and oxygen atoms in total. The van der Waals surface area contributed by atoms with Gasteiger partial charge in [-0.2, -0.15) is 0 Å². The SMILES string of the molecule is CCCCCn1cc(C(=O)O)c(=O)c2ccc(C)nc21. The molecule has 5 heteroatoms. The fourth-order valence-corrected chi connectivity index (χ4v) is 2.21. The van der Waals surface area contributed by atoms with E-state index < -0.39 is 11.4 Å². The number of hydrogen-bond donors (Lipinski definition) is 1. The van der Waals surface area contributed by atoms with Crippen LogP contribution in [0.4, 0.5) is 0 Å². The number of aromatic nitrogens is 2. The highest BCUT2D eigenvalue weighted by molar-refractivity contribution is 5.91. The molecule has 0 atom stereocenters. The minimum Gasteiger partial charge on any atom is -0.477 e. The van der Waals surface area contributed by atoms with Crippen LogP contribution in [0.5, 0.6) is 0 Å². The fraction of sp³-hybridized carbons (Fsp3) is 0.400. The molecule has 0 aliphatic rings. The smallest absolute Gasteiger partial charge is 0.341 e. The maximum atomic E-state index is 12.1. The predicted molar refractivity (Wildman–Crippen MR) is 77.2 cm³/mol. The first kappa shape index (κ1) is 14.2. The van der Waals surface area contributed by atoms with Crippen LogP contribution in [0.15, 0.2) is 23.1 Å².